The third-order valence-corrected chi connectivity index (χ3v) is 6.39. The van der Waals surface area contributed by atoms with Crippen molar-refractivity contribution in [2.24, 2.45) is 4.99 Å². The first-order valence-corrected chi connectivity index (χ1v) is 10.8. The number of ether oxygens (including phenoxy) is 1. The van der Waals surface area contributed by atoms with Gasteiger partial charge in [0.25, 0.3) is 0 Å². The second kappa shape index (κ2) is 8.28. The molecule has 6 nitrogen and oxygen atoms in total. The average molecular weight is 385 g/mol. The third kappa shape index (κ3) is 5.69. The van der Waals surface area contributed by atoms with Crippen LogP contribution in [0.25, 0.3) is 0 Å². The summed E-state index contributed by atoms with van der Waals surface area (Å²) >= 11 is 1.84. The van der Waals surface area contributed by atoms with Gasteiger partial charge in [0.1, 0.15) is 5.60 Å². The maximum absolute atomic E-state index is 12.6. The molecule has 26 heavy (non-hydrogen) atoms. The van der Waals surface area contributed by atoms with Crippen LogP contribution in [0.5, 0.6) is 0 Å². The number of fused-ring (bicyclic) bond motifs is 2. The molecule has 2 aliphatic heterocycles. The lowest BCUT2D eigenvalue weighted by Crippen LogP contribution is -2.55. The normalized spacial score (nSPS) is 26.7. The first-order valence-electron chi connectivity index (χ1n) is 9.58. The molecule has 0 saturated carbocycles. The summed E-state index contributed by atoms with van der Waals surface area (Å²) in [6, 6.07) is 0.874. The number of piperidine rings is 1. The Kier molecular flexibility index (Phi) is 6.75. The Morgan fingerprint density at radius 1 is 1.19 bits per heavy atom. The van der Waals surface area contributed by atoms with Gasteiger partial charge < -0.3 is 20.3 Å². The van der Waals surface area contributed by atoms with E-state index >= 15 is 0 Å². The predicted octanol–water partition coefficient (Wildman–Crippen LogP) is 3.22. The second-order valence-electron chi connectivity index (χ2n) is 8.97. The summed E-state index contributed by atoms with van der Waals surface area (Å²) < 4.78 is 5.78. The van der Waals surface area contributed by atoms with E-state index in [-0.39, 0.29) is 22.9 Å². The maximum atomic E-state index is 12.6. The van der Waals surface area contributed by atoms with Crippen LogP contribution in [-0.2, 0) is 4.74 Å². The monoisotopic (exact) mass is 384 g/mol. The Balaban J connectivity index is 1.91. The summed E-state index contributed by atoms with van der Waals surface area (Å²) in [6.45, 7) is 11.1. The molecule has 2 rings (SSSR count). The summed E-state index contributed by atoms with van der Waals surface area (Å²) in [5.74, 6) is 0.849. The Hall–Kier alpha value is -1.11. The van der Waals surface area contributed by atoms with Gasteiger partial charge >= 0.3 is 6.09 Å². The maximum Gasteiger partial charge on any atom is 0.410 e. The lowest BCUT2D eigenvalue weighted by atomic mass is 9.98. The van der Waals surface area contributed by atoms with E-state index in [1.807, 2.05) is 44.5 Å². The summed E-state index contributed by atoms with van der Waals surface area (Å²) in [5, 5.41) is 7.00. The highest BCUT2D eigenvalue weighted by Gasteiger charge is 2.45. The van der Waals surface area contributed by atoms with E-state index in [0.29, 0.717) is 6.04 Å². The van der Waals surface area contributed by atoms with Crippen molar-refractivity contribution in [2.45, 2.75) is 88.8 Å². The van der Waals surface area contributed by atoms with Crippen LogP contribution in [0.1, 0.15) is 60.3 Å². The van der Waals surface area contributed by atoms with Crippen LogP contribution < -0.4 is 10.6 Å². The average Bonchev–Trinajstić information content (AvgIpc) is 2.81. The van der Waals surface area contributed by atoms with Crippen molar-refractivity contribution in [1.82, 2.24) is 15.5 Å². The second-order valence-corrected chi connectivity index (χ2v) is 10.5. The van der Waals surface area contributed by atoms with Crippen LogP contribution in [0.15, 0.2) is 4.99 Å². The number of rotatable bonds is 4. The number of carbonyl (C=O) groups is 1. The van der Waals surface area contributed by atoms with E-state index in [0.717, 1.165) is 38.2 Å². The number of thioether (sulfide) groups is 1. The molecule has 2 aliphatic rings. The van der Waals surface area contributed by atoms with Crippen LogP contribution in [-0.4, -0.2) is 65.3 Å². The van der Waals surface area contributed by atoms with Gasteiger partial charge in [-0.15, -0.1) is 0 Å². The summed E-state index contributed by atoms with van der Waals surface area (Å²) in [4.78, 5) is 18.9. The molecule has 0 aromatic heterocycles. The molecule has 2 bridgehead atoms. The molecular formula is C19H36N4O2S. The first kappa shape index (κ1) is 21.2. The minimum absolute atomic E-state index is 0.160. The smallest absolute Gasteiger partial charge is 0.410 e. The van der Waals surface area contributed by atoms with Gasteiger partial charge in [0.15, 0.2) is 5.96 Å². The molecule has 0 aromatic rings. The number of aliphatic imine (C=N–C) groups is 1. The molecule has 0 radical (unpaired) electrons. The third-order valence-electron chi connectivity index (χ3n) is 5.14. The van der Waals surface area contributed by atoms with Gasteiger partial charge in [-0.25, -0.2) is 4.79 Å². The molecule has 2 unspecified atom stereocenters. The van der Waals surface area contributed by atoms with Gasteiger partial charge in [0, 0.05) is 36.5 Å². The molecule has 2 saturated heterocycles. The van der Waals surface area contributed by atoms with E-state index in [4.69, 9.17) is 4.74 Å². The standard InChI is InChI=1S/C19H36N4O2S/c1-18(2,3)25-17(24)23-14-8-9-15(23)11-13(10-14)22-16(20-6)21-12-19(4,5)26-7/h13-15H,8-12H2,1-7H3,(H2,20,21,22). The predicted molar refractivity (Wildman–Crippen MR) is 110 cm³/mol. The molecule has 2 N–H and O–H groups in total. The van der Waals surface area contributed by atoms with Gasteiger partial charge in [-0.3, -0.25) is 4.99 Å². The van der Waals surface area contributed by atoms with Gasteiger partial charge in [0.05, 0.1) is 0 Å². The molecule has 150 valence electrons. The minimum atomic E-state index is -0.443. The largest absolute Gasteiger partial charge is 0.444 e. The molecule has 0 aliphatic carbocycles. The summed E-state index contributed by atoms with van der Waals surface area (Å²) in [7, 11) is 1.81. The number of hydrogen-bond acceptors (Lipinski definition) is 4. The fraction of sp³-hybridized carbons (Fsp3) is 0.895. The Labute approximate surface area is 162 Å². The highest BCUT2D eigenvalue weighted by molar-refractivity contribution is 7.99. The van der Waals surface area contributed by atoms with Crippen molar-refractivity contribution in [3.63, 3.8) is 0 Å². The van der Waals surface area contributed by atoms with E-state index in [9.17, 15) is 4.79 Å². The van der Waals surface area contributed by atoms with Gasteiger partial charge in [-0.05, 0) is 66.6 Å². The van der Waals surface area contributed by atoms with Crippen molar-refractivity contribution in [3.05, 3.63) is 0 Å². The fourth-order valence-corrected chi connectivity index (χ4v) is 3.88. The van der Waals surface area contributed by atoms with Crippen LogP contribution in [0.4, 0.5) is 4.79 Å². The number of carbonyl (C=O) groups excluding carboxylic acids is 1. The molecule has 0 aromatic carbocycles. The van der Waals surface area contributed by atoms with Gasteiger partial charge in [-0.2, -0.15) is 11.8 Å². The summed E-state index contributed by atoms with van der Waals surface area (Å²) in [5.41, 5.74) is -0.443. The lowest BCUT2D eigenvalue weighted by molar-refractivity contribution is 0.00545. The van der Waals surface area contributed by atoms with Crippen LogP contribution in [0, 0.1) is 0 Å². The molecule has 1 amide bonds. The highest BCUT2D eigenvalue weighted by atomic mass is 32.2. The number of amides is 1. The van der Waals surface area contributed by atoms with Crippen molar-refractivity contribution in [1.29, 1.82) is 0 Å². The van der Waals surface area contributed by atoms with Crippen LogP contribution in [0.2, 0.25) is 0 Å². The molecule has 7 heteroatoms. The van der Waals surface area contributed by atoms with Crippen LogP contribution >= 0.6 is 11.8 Å². The van der Waals surface area contributed by atoms with Gasteiger partial charge in [0.2, 0.25) is 0 Å². The van der Waals surface area contributed by atoms with Crippen molar-refractivity contribution in [2.75, 3.05) is 19.8 Å². The van der Waals surface area contributed by atoms with Crippen molar-refractivity contribution in [3.8, 4) is 0 Å². The fourth-order valence-electron chi connectivity index (χ4n) is 3.66. The Morgan fingerprint density at radius 2 is 1.77 bits per heavy atom. The number of nitrogens with zero attached hydrogens (tertiary/aromatic N) is 2. The van der Waals surface area contributed by atoms with E-state index in [1.54, 1.807) is 0 Å². The Morgan fingerprint density at radius 3 is 2.23 bits per heavy atom. The number of guanidine groups is 1. The zero-order valence-electron chi connectivity index (χ0n) is 17.4. The molecule has 2 atom stereocenters. The van der Waals surface area contributed by atoms with Crippen molar-refractivity contribution < 1.29 is 9.53 Å². The lowest BCUT2D eigenvalue weighted by Gasteiger charge is -2.40. The van der Waals surface area contributed by atoms with Crippen LogP contribution in [0.3, 0.4) is 0 Å². The van der Waals surface area contributed by atoms with E-state index in [1.165, 1.54) is 0 Å². The van der Waals surface area contributed by atoms with E-state index < -0.39 is 5.60 Å². The quantitative estimate of drug-likeness (QED) is 0.575. The molecule has 2 fully saturated rings. The zero-order chi connectivity index (χ0) is 19.5. The molecular weight excluding hydrogens is 348 g/mol. The van der Waals surface area contributed by atoms with E-state index in [2.05, 4.69) is 35.7 Å². The molecule has 2 heterocycles. The zero-order valence-corrected chi connectivity index (χ0v) is 18.2. The van der Waals surface area contributed by atoms with Crippen molar-refractivity contribution >= 4 is 23.8 Å². The summed E-state index contributed by atoms with van der Waals surface area (Å²) in [6.07, 6.45) is 5.99. The topological polar surface area (TPSA) is 66.0 Å². The Bertz CT molecular complexity index is 516. The molecule has 0 spiro atoms. The highest BCUT2D eigenvalue weighted by Crippen LogP contribution is 2.36. The first-order chi connectivity index (χ1) is 12.0. The van der Waals surface area contributed by atoms with Gasteiger partial charge in [-0.1, -0.05) is 0 Å². The number of hydrogen-bond donors (Lipinski definition) is 2. The SMILES string of the molecule is CN=C(NCC(C)(C)SC)NC1CC2CCC(C1)N2C(=O)OC(C)(C)C. The number of nitrogens with one attached hydrogen (secondary N) is 2. The minimum Gasteiger partial charge on any atom is -0.444 e.